The Hall–Kier alpha value is 0.429. The molecule has 0 bridgehead atoms. The zero-order valence-electron chi connectivity index (χ0n) is 3.93. The average molecular weight is 174 g/mol. The maximum atomic E-state index is 9.08. The van der Waals surface area contributed by atoms with Gasteiger partial charge in [0, 0.05) is 6.26 Å². The van der Waals surface area contributed by atoms with Gasteiger partial charge in [-0.2, -0.15) is 0 Å². The van der Waals surface area contributed by atoms with Crippen LogP contribution < -0.4 is 0 Å². The molecule has 0 saturated heterocycles. The molecule has 0 aliphatic heterocycles. The summed E-state index contributed by atoms with van der Waals surface area (Å²) in [6.45, 7) is 0. The SMILES string of the molecule is CS(=O)(=O)[O-].[CH3-].[Cu+2]. The van der Waals surface area contributed by atoms with E-state index in [1.807, 2.05) is 0 Å². The van der Waals surface area contributed by atoms with Crippen molar-refractivity contribution < 1.29 is 30.0 Å². The van der Waals surface area contributed by atoms with Crippen LogP contribution in [0, 0.1) is 7.43 Å². The molecule has 0 aromatic rings. The minimum absolute atomic E-state index is 0. The minimum Gasteiger partial charge on any atom is -0.748 e. The van der Waals surface area contributed by atoms with Crippen LogP contribution in [0.25, 0.3) is 0 Å². The Morgan fingerprint density at radius 3 is 1.43 bits per heavy atom. The number of hydrogen-bond donors (Lipinski definition) is 0. The van der Waals surface area contributed by atoms with Gasteiger partial charge in [-0.25, -0.2) is 8.42 Å². The smallest absolute Gasteiger partial charge is 0.748 e. The predicted octanol–water partition coefficient (Wildman–Crippen LogP) is -0.391. The molecular weight excluding hydrogens is 168 g/mol. The number of rotatable bonds is 0. The van der Waals surface area contributed by atoms with E-state index in [9.17, 15) is 0 Å². The van der Waals surface area contributed by atoms with Gasteiger partial charge in [0.15, 0.2) is 0 Å². The molecule has 7 heavy (non-hydrogen) atoms. The molecule has 0 aromatic carbocycles. The van der Waals surface area contributed by atoms with Gasteiger partial charge in [0.2, 0.25) is 0 Å². The summed E-state index contributed by atoms with van der Waals surface area (Å²) in [5.41, 5.74) is 0. The first-order valence-corrected chi connectivity index (χ1v) is 2.72. The Labute approximate surface area is 54.3 Å². The van der Waals surface area contributed by atoms with Crippen molar-refractivity contribution in [2.45, 2.75) is 0 Å². The largest absolute Gasteiger partial charge is 2.00 e. The maximum Gasteiger partial charge on any atom is 2.00 e. The molecule has 0 fully saturated rings. The summed E-state index contributed by atoms with van der Waals surface area (Å²) in [5, 5.41) is 0. The molecule has 0 aliphatic carbocycles. The second-order valence-corrected chi connectivity index (χ2v) is 2.11. The maximum absolute atomic E-state index is 9.08. The van der Waals surface area contributed by atoms with E-state index < -0.39 is 10.1 Å². The van der Waals surface area contributed by atoms with Gasteiger partial charge in [0.1, 0.15) is 0 Å². The molecule has 0 amide bonds. The predicted molar refractivity (Wildman–Crippen MR) is 22.0 cm³/mol. The molecule has 3 nitrogen and oxygen atoms in total. The summed E-state index contributed by atoms with van der Waals surface area (Å²) in [4.78, 5) is 0. The second-order valence-electron chi connectivity index (χ2n) is 0.704. The fourth-order valence-corrected chi connectivity index (χ4v) is 0. The summed E-state index contributed by atoms with van der Waals surface area (Å²) >= 11 is 0. The van der Waals surface area contributed by atoms with Crippen molar-refractivity contribution in [3.05, 3.63) is 7.43 Å². The standard InChI is InChI=1S/CH4O3S.CH3.Cu/c1-5(2,3)4;;/h1H3,(H,2,3,4);1H3;/q;-1;+2/p-1. The monoisotopic (exact) mass is 173 g/mol. The summed E-state index contributed by atoms with van der Waals surface area (Å²) in [6.07, 6.45) is 0.604. The van der Waals surface area contributed by atoms with E-state index in [0.29, 0.717) is 6.26 Å². The Kier molecular flexibility index (Phi) is 10.3. The van der Waals surface area contributed by atoms with Crippen molar-refractivity contribution in [1.82, 2.24) is 0 Å². The molecule has 0 spiro atoms. The van der Waals surface area contributed by atoms with Gasteiger partial charge in [-0.15, -0.1) is 0 Å². The van der Waals surface area contributed by atoms with Gasteiger partial charge >= 0.3 is 17.1 Å². The van der Waals surface area contributed by atoms with Gasteiger partial charge < -0.3 is 12.0 Å². The molecule has 1 radical (unpaired) electrons. The molecule has 0 unspecified atom stereocenters. The van der Waals surface area contributed by atoms with E-state index in [0.717, 1.165) is 0 Å². The third kappa shape index (κ3) is 684. The van der Waals surface area contributed by atoms with E-state index in [-0.39, 0.29) is 24.5 Å². The van der Waals surface area contributed by atoms with Crippen molar-refractivity contribution in [3.63, 3.8) is 0 Å². The number of hydrogen-bond acceptors (Lipinski definition) is 3. The summed E-state index contributed by atoms with van der Waals surface area (Å²) in [7, 11) is -3.92. The van der Waals surface area contributed by atoms with Crippen molar-refractivity contribution in [1.29, 1.82) is 0 Å². The first kappa shape index (κ1) is 15.7. The van der Waals surface area contributed by atoms with E-state index in [1.165, 1.54) is 0 Å². The first-order chi connectivity index (χ1) is 2.00. The van der Waals surface area contributed by atoms with E-state index >= 15 is 0 Å². The van der Waals surface area contributed by atoms with Crippen molar-refractivity contribution in [2.24, 2.45) is 0 Å². The van der Waals surface area contributed by atoms with Gasteiger partial charge in [0.05, 0.1) is 10.1 Å². The van der Waals surface area contributed by atoms with Crippen LogP contribution in [0.15, 0.2) is 0 Å². The normalized spacial score (nSPS) is 8.29. The Morgan fingerprint density at radius 1 is 1.43 bits per heavy atom. The van der Waals surface area contributed by atoms with Crippen LogP contribution in [-0.4, -0.2) is 19.2 Å². The quantitative estimate of drug-likeness (QED) is 0.285. The molecule has 0 aliphatic rings. The van der Waals surface area contributed by atoms with E-state index in [4.69, 9.17) is 13.0 Å². The zero-order chi connectivity index (χ0) is 4.50. The van der Waals surface area contributed by atoms with Crippen LogP contribution in [-0.2, 0) is 27.2 Å². The van der Waals surface area contributed by atoms with Gasteiger partial charge in [-0.3, -0.25) is 0 Å². The fraction of sp³-hybridized carbons (Fsp3) is 0.500. The topological polar surface area (TPSA) is 57.2 Å². The third-order valence-electron chi connectivity index (χ3n) is 0. The Morgan fingerprint density at radius 2 is 1.43 bits per heavy atom. The third-order valence-corrected chi connectivity index (χ3v) is 0. The van der Waals surface area contributed by atoms with Crippen molar-refractivity contribution >= 4 is 10.1 Å². The molecule has 0 N–H and O–H groups in total. The molecule has 0 rings (SSSR count). The van der Waals surface area contributed by atoms with Crippen LogP contribution in [0.1, 0.15) is 0 Å². The van der Waals surface area contributed by atoms with Crippen molar-refractivity contribution in [3.8, 4) is 0 Å². The van der Waals surface area contributed by atoms with Crippen LogP contribution >= 0.6 is 0 Å². The Balaban J connectivity index is -0.0000000800. The van der Waals surface area contributed by atoms with Gasteiger partial charge in [-0.1, -0.05) is 0 Å². The zero-order valence-corrected chi connectivity index (χ0v) is 5.69. The van der Waals surface area contributed by atoms with Gasteiger partial charge in [0.25, 0.3) is 0 Å². The first-order valence-electron chi connectivity index (χ1n) is 0.908. The summed E-state index contributed by atoms with van der Waals surface area (Å²) < 4.78 is 27.2. The summed E-state index contributed by atoms with van der Waals surface area (Å²) in [6, 6.07) is 0. The minimum atomic E-state index is -3.92. The van der Waals surface area contributed by atoms with Crippen LogP contribution in [0.4, 0.5) is 0 Å². The van der Waals surface area contributed by atoms with Crippen LogP contribution in [0.5, 0.6) is 0 Å². The van der Waals surface area contributed by atoms with Crippen molar-refractivity contribution in [2.75, 3.05) is 6.26 Å². The Bertz CT molecular complexity index is 96.1. The second kappa shape index (κ2) is 4.59. The van der Waals surface area contributed by atoms with Crippen LogP contribution in [0.2, 0.25) is 0 Å². The molecular formula is C2H6CuO3S. The van der Waals surface area contributed by atoms with E-state index in [1.54, 1.807) is 0 Å². The summed E-state index contributed by atoms with van der Waals surface area (Å²) in [5.74, 6) is 0. The average Bonchev–Trinajstić information content (AvgIpc) is 0.722. The van der Waals surface area contributed by atoms with E-state index in [2.05, 4.69) is 0 Å². The van der Waals surface area contributed by atoms with Crippen LogP contribution in [0.3, 0.4) is 0 Å². The molecule has 0 saturated carbocycles. The molecule has 0 atom stereocenters. The molecule has 5 heteroatoms. The molecule has 49 valence electrons. The molecule has 0 heterocycles. The fourth-order valence-electron chi connectivity index (χ4n) is 0. The molecule has 0 aromatic heterocycles. The van der Waals surface area contributed by atoms with Gasteiger partial charge in [-0.05, 0) is 0 Å².